The molecule has 6 atom stereocenters. The van der Waals surface area contributed by atoms with E-state index in [1.54, 1.807) is 26.9 Å². The van der Waals surface area contributed by atoms with E-state index in [2.05, 4.69) is 36.0 Å². The van der Waals surface area contributed by atoms with Gasteiger partial charge in [0.05, 0.1) is 24.5 Å². The first-order chi connectivity index (χ1) is 21.3. The molecule has 1 spiro atoms. The zero-order chi connectivity index (χ0) is 31.9. The van der Waals surface area contributed by atoms with Crippen LogP contribution in [0.2, 0.25) is 0 Å². The Morgan fingerprint density at radius 2 is 1.80 bits per heavy atom. The van der Waals surface area contributed by atoms with E-state index in [0.717, 1.165) is 25.7 Å². The second-order valence-corrected chi connectivity index (χ2v) is 13.1. The third-order valence-electron chi connectivity index (χ3n) is 9.10. The highest BCUT2D eigenvalue weighted by Gasteiger charge is 2.76. The first kappa shape index (κ1) is 34.2. The molecule has 3 aliphatic heterocycles. The molecule has 242 valence electrons. The van der Waals surface area contributed by atoms with E-state index < -0.39 is 29.6 Å². The number of fused-ring (bicyclic) bond motifs is 1. The van der Waals surface area contributed by atoms with E-state index in [9.17, 15) is 19.5 Å². The van der Waals surface area contributed by atoms with Gasteiger partial charge in [0.15, 0.2) is 0 Å². The lowest BCUT2D eigenvalue weighted by molar-refractivity contribution is -0.147. The number of nitrogens with zero attached hydrogens (tertiary/aromatic N) is 3. The molecule has 0 saturated carbocycles. The number of amides is 3. The summed E-state index contributed by atoms with van der Waals surface area (Å²) >= 11 is 3.79. The fourth-order valence-electron chi connectivity index (χ4n) is 7.17. The fraction of sp³-hybridized carbons (Fsp3) is 0.618. The minimum absolute atomic E-state index is 0.129. The number of benzene rings is 1. The van der Waals surface area contributed by atoms with Crippen LogP contribution in [0.25, 0.3) is 0 Å². The van der Waals surface area contributed by atoms with E-state index in [1.807, 2.05) is 31.2 Å². The van der Waals surface area contributed by atoms with Crippen LogP contribution >= 0.6 is 15.9 Å². The lowest BCUT2D eigenvalue weighted by Gasteiger charge is -2.37. The van der Waals surface area contributed by atoms with E-state index in [-0.39, 0.29) is 35.7 Å². The molecular formula is C34H48BrN3O6. The number of unbranched alkanes of at least 4 members (excludes halogenated alkanes) is 4. The summed E-state index contributed by atoms with van der Waals surface area (Å²) in [6, 6.07) is 6.50. The van der Waals surface area contributed by atoms with Crippen LogP contribution in [0, 0.1) is 11.8 Å². The maximum Gasteiger partial charge on any atom is 0.248 e. The van der Waals surface area contributed by atoms with Crippen LogP contribution in [-0.4, -0.2) is 94.6 Å². The zero-order valence-electron chi connectivity index (χ0n) is 26.2. The summed E-state index contributed by atoms with van der Waals surface area (Å²) in [5, 5.41) is 9.21. The number of halogens is 1. The summed E-state index contributed by atoms with van der Waals surface area (Å²) in [5.74, 6) is -1.37. The lowest BCUT2D eigenvalue weighted by atomic mass is 9.70. The normalized spacial score (nSPS) is 26.9. The summed E-state index contributed by atoms with van der Waals surface area (Å²) in [4.78, 5) is 48.3. The predicted molar refractivity (Wildman–Crippen MR) is 175 cm³/mol. The Kier molecular flexibility index (Phi) is 12.1. The van der Waals surface area contributed by atoms with Gasteiger partial charge in [0.25, 0.3) is 0 Å². The number of carbonyl (C=O) groups is 3. The first-order valence-electron chi connectivity index (χ1n) is 16.1. The van der Waals surface area contributed by atoms with Gasteiger partial charge in [0.1, 0.15) is 17.4 Å². The quantitative estimate of drug-likeness (QED) is 0.138. The summed E-state index contributed by atoms with van der Waals surface area (Å²) in [6.45, 7) is 14.0. The molecule has 3 saturated heterocycles. The Labute approximate surface area is 270 Å². The Hall–Kier alpha value is -2.69. The average Bonchev–Trinajstić information content (AvgIpc) is 3.61. The summed E-state index contributed by atoms with van der Waals surface area (Å²) < 4.78 is 12.3. The van der Waals surface area contributed by atoms with Crippen LogP contribution in [0.15, 0.2) is 49.6 Å². The number of rotatable bonds is 18. The predicted octanol–water partition coefficient (Wildman–Crippen LogP) is 4.72. The van der Waals surface area contributed by atoms with Crippen LogP contribution in [0.3, 0.4) is 0 Å². The molecule has 4 rings (SSSR count). The third kappa shape index (κ3) is 6.63. The lowest BCUT2D eigenvalue weighted by Crippen LogP contribution is -2.57. The second kappa shape index (κ2) is 15.5. The molecule has 0 aliphatic carbocycles. The van der Waals surface area contributed by atoms with Crippen LogP contribution in [0.1, 0.15) is 58.8 Å². The van der Waals surface area contributed by atoms with Gasteiger partial charge in [-0.3, -0.25) is 14.4 Å². The van der Waals surface area contributed by atoms with Crippen molar-refractivity contribution in [1.82, 2.24) is 9.80 Å². The number of hydrogen-bond acceptors (Lipinski definition) is 6. The minimum atomic E-state index is -1.11. The molecule has 9 nitrogen and oxygen atoms in total. The highest BCUT2D eigenvalue weighted by molar-refractivity contribution is 9.09. The largest absolute Gasteiger partial charge is 0.494 e. The number of anilines is 1. The number of ether oxygens (including phenoxy) is 2. The van der Waals surface area contributed by atoms with Crippen LogP contribution in [0.4, 0.5) is 5.69 Å². The molecule has 3 unspecified atom stereocenters. The van der Waals surface area contributed by atoms with E-state index >= 15 is 0 Å². The second-order valence-electron chi connectivity index (χ2n) is 11.9. The van der Waals surface area contributed by atoms with Gasteiger partial charge in [-0.1, -0.05) is 54.3 Å². The van der Waals surface area contributed by atoms with Gasteiger partial charge < -0.3 is 29.3 Å². The van der Waals surface area contributed by atoms with E-state index in [0.29, 0.717) is 56.9 Å². The average molecular weight is 675 g/mol. The van der Waals surface area contributed by atoms with Crippen LogP contribution in [-0.2, 0) is 19.1 Å². The molecule has 1 aromatic rings. The van der Waals surface area contributed by atoms with Gasteiger partial charge in [-0.15, -0.1) is 13.2 Å². The number of hydrogen-bond donors (Lipinski definition) is 1. The molecule has 0 radical (unpaired) electrons. The van der Waals surface area contributed by atoms with Crippen molar-refractivity contribution >= 4 is 39.3 Å². The van der Waals surface area contributed by atoms with Gasteiger partial charge >= 0.3 is 0 Å². The molecule has 44 heavy (non-hydrogen) atoms. The molecule has 1 N–H and O–H groups in total. The SMILES string of the molecule is C=CCN(CCCC)C(=O)C1N(CCCCCCO)C(=O)[C@@H]2[C@@H](C(=O)N(CC=C)c3ccc(OCC)cc3)[C@@H]3OC12CC3Br. The van der Waals surface area contributed by atoms with Gasteiger partial charge in [-0.05, 0) is 56.9 Å². The smallest absolute Gasteiger partial charge is 0.248 e. The number of carbonyl (C=O) groups excluding carboxylic acids is 3. The van der Waals surface area contributed by atoms with Crippen molar-refractivity contribution in [2.45, 2.75) is 81.4 Å². The molecule has 2 bridgehead atoms. The maximum atomic E-state index is 14.5. The molecule has 3 amide bonds. The maximum absolute atomic E-state index is 14.5. The molecule has 3 heterocycles. The molecule has 3 fully saturated rings. The van der Waals surface area contributed by atoms with E-state index in [4.69, 9.17) is 9.47 Å². The molecule has 3 aliphatic rings. The Balaban J connectivity index is 1.71. The van der Waals surface area contributed by atoms with Crippen LogP contribution in [0.5, 0.6) is 5.75 Å². The number of aliphatic hydroxyl groups excluding tert-OH is 1. The van der Waals surface area contributed by atoms with Crippen molar-refractivity contribution in [2.75, 3.05) is 44.3 Å². The number of likely N-dealkylation sites (tertiary alicyclic amines) is 1. The van der Waals surface area contributed by atoms with Crippen molar-refractivity contribution in [3.8, 4) is 5.75 Å². The minimum Gasteiger partial charge on any atom is -0.494 e. The number of aliphatic hydroxyl groups is 1. The third-order valence-corrected chi connectivity index (χ3v) is 9.94. The Morgan fingerprint density at radius 1 is 1.09 bits per heavy atom. The topological polar surface area (TPSA) is 99.6 Å². The van der Waals surface area contributed by atoms with Crippen molar-refractivity contribution in [3.05, 3.63) is 49.6 Å². The van der Waals surface area contributed by atoms with Crippen molar-refractivity contribution < 1.29 is 29.0 Å². The highest BCUT2D eigenvalue weighted by atomic mass is 79.9. The zero-order valence-corrected chi connectivity index (χ0v) is 27.8. The van der Waals surface area contributed by atoms with Crippen molar-refractivity contribution in [3.63, 3.8) is 0 Å². The Bertz CT molecular complexity index is 1180. The van der Waals surface area contributed by atoms with Crippen molar-refractivity contribution in [2.24, 2.45) is 11.8 Å². The molecular weight excluding hydrogens is 626 g/mol. The monoisotopic (exact) mass is 673 g/mol. The Morgan fingerprint density at radius 3 is 2.43 bits per heavy atom. The first-order valence-corrected chi connectivity index (χ1v) is 17.0. The molecule has 1 aromatic carbocycles. The molecule has 0 aromatic heterocycles. The highest BCUT2D eigenvalue weighted by Crippen LogP contribution is 2.60. The summed E-state index contributed by atoms with van der Waals surface area (Å²) in [7, 11) is 0. The van der Waals surface area contributed by atoms with E-state index in [1.165, 1.54) is 0 Å². The van der Waals surface area contributed by atoms with Gasteiger partial charge in [-0.2, -0.15) is 0 Å². The van der Waals surface area contributed by atoms with Crippen LogP contribution < -0.4 is 9.64 Å². The van der Waals surface area contributed by atoms with Gasteiger partial charge in [0, 0.05) is 43.3 Å². The van der Waals surface area contributed by atoms with Gasteiger partial charge in [-0.25, -0.2) is 0 Å². The standard InChI is InChI=1S/C34H48BrN3O6/c1-5-9-20-36(18-6-2)33(42)30-34-23-26(35)29(44-34)27(28(34)32(41)38(30)21-12-10-11-13-22-39)31(40)37(19-7-3)24-14-16-25(17-15-24)43-8-4/h6-7,14-17,26-30,39H,2-3,5,8-13,18-23H2,1,4H3/t26?,27-,28+,29-,30?,34?/m1/s1. The van der Waals surface area contributed by atoms with Crippen molar-refractivity contribution in [1.29, 1.82) is 0 Å². The fourth-order valence-corrected chi connectivity index (χ4v) is 8.11. The number of alkyl halides is 1. The summed E-state index contributed by atoms with van der Waals surface area (Å²) in [5.41, 5.74) is -0.431. The van der Waals surface area contributed by atoms with Gasteiger partial charge in [0.2, 0.25) is 17.7 Å². The molecule has 10 heteroatoms. The summed E-state index contributed by atoms with van der Waals surface area (Å²) in [6.07, 6.45) is 8.14.